The van der Waals surface area contributed by atoms with Crippen molar-refractivity contribution in [2.24, 2.45) is 11.8 Å². The molecule has 2 atom stereocenters. The largest absolute Gasteiger partial charge is 0.496 e. The van der Waals surface area contributed by atoms with Crippen LogP contribution in [-0.4, -0.2) is 46.2 Å². The molecule has 3 heterocycles. The smallest absolute Gasteiger partial charge is 0.410 e. The number of hydrogen-bond acceptors (Lipinski definition) is 4. The van der Waals surface area contributed by atoms with E-state index in [0.29, 0.717) is 33.5 Å². The van der Waals surface area contributed by atoms with Crippen molar-refractivity contribution < 1.29 is 14.3 Å². The lowest BCUT2D eigenvalue weighted by Crippen LogP contribution is -2.36. The number of pyridine rings is 1. The van der Waals surface area contributed by atoms with Crippen LogP contribution in [0.3, 0.4) is 0 Å². The first-order chi connectivity index (χ1) is 16.1. The Kier molecular flexibility index (Phi) is 5.93. The maximum Gasteiger partial charge on any atom is 0.410 e. The van der Waals surface area contributed by atoms with Crippen LogP contribution in [0.1, 0.15) is 45.2 Å². The standard InChI is InChI=1S/C26H29Cl2N3O3/c1-26(2,3)34-25(32)31-12-17-9-16(10-18(17)13-31)20-14-30-8-7-15(11-22(30)29-20)23-21(33-4)6-5-19(27)24(23)28/h5-8,11,14,16-18H,9-10,12-13H2,1-4H3. The zero-order chi connectivity index (χ0) is 24.2. The molecular formula is C26H29Cl2N3O3. The molecule has 0 N–H and O–H groups in total. The Labute approximate surface area is 209 Å². The van der Waals surface area contributed by atoms with Gasteiger partial charge in [-0.2, -0.15) is 0 Å². The first-order valence-corrected chi connectivity index (χ1v) is 12.4. The second-order valence-electron chi connectivity index (χ2n) is 10.4. The maximum absolute atomic E-state index is 12.5. The van der Waals surface area contributed by atoms with Crippen molar-refractivity contribution in [2.45, 2.75) is 45.1 Å². The number of benzene rings is 1. The van der Waals surface area contributed by atoms with Crippen molar-refractivity contribution in [3.05, 3.63) is 52.4 Å². The van der Waals surface area contributed by atoms with Gasteiger partial charge in [0.25, 0.3) is 0 Å². The van der Waals surface area contributed by atoms with Gasteiger partial charge >= 0.3 is 6.09 Å². The molecule has 6 nitrogen and oxygen atoms in total. The number of methoxy groups -OCH3 is 1. The van der Waals surface area contributed by atoms with Crippen molar-refractivity contribution in [1.29, 1.82) is 0 Å². The van der Waals surface area contributed by atoms with E-state index in [1.165, 1.54) is 0 Å². The van der Waals surface area contributed by atoms with E-state index in [4.69, 9.17) is 37.7 Å². The predicted octanol–water partition coefficient (Wildman–Crippen LogP) is 6.68. The first-order valence-electron chi connectivity index (χ1n) is 11.6. The fourth-order valence-electron chi connectivity index (χ4n) is 5.34. The summed E-state index contributed by atoms with van der Waals surface area (Å²) in [5.74, 6) is 2.05. The van der Waals surface area contributed by atoms with E-state index in [-0.39, 0.29) is 6.09 Å². The number of aromatic nitrogens is 2. The number of imidazole rings is 1. The predicted molar refractivity (Wildman–Crippen MR) is 134 cm³/mol. The van der Waals surface area contributed by atoms with E-state index < -0.39 is 5.60 Å². The van der Waals surface area contributed by atoms with Crippen molar-refractivity contribution >= 4 is 34.9 Å². The second kappa shape index (κ2) is 8.65. The summed E-state index contributed by atoms with van der Waals surface area (Å²) in [6.45, 7) is 7.25. The Morgan fingerprint density at radius 2 is 1.82 bits per heavy atom. The number of halogens is 2. The molecule has 2 aliphatic rings. The zero-order valence-electron chi connectivity index (χ0n) is 19.8. The molecule has 34 heavy (non-hydrogen) atoms. The highest BCUT2D eigenvalue weighted by molar-refractivity contribution is 6.44. The van der Waals surface area contributed by atoms with Gasteiger partial charge in [0, 0.05) is 37.0 Å². The Bertz CT molecular complexity index is 1240. The molecule has 2 unspecified atom stereocenters. The lowest BCUT2D eigenvalue weighted by atomic mass is 10.0. The molecule has 2 fully saturated rings. The van der Waals surface area contributed by atoms with Crippen LogP contribution in [-0.2, 0) is 4.74 Å². The van der Waals surface area contributed by atoms with Crippen LogP contribution in [0.4, 0.5) is 4.79 Å². The van der Waals surface area contributed by atoms with Crippen molar-refractivity contribution in [3.63, 3.8) is 0 Å². The van der Waals surface area contributed by atoms with Gasteiger partial charge < -0.3 is 18.8 Å². The van der Waals surface area contributed by atoms with E-state index in [9.17, 15) is 4.79 Å². The maximum atomic E-state index is 12.5. The van der Waals surface area contributed by atoms with E-state index in [1.807, 2.05) is 54.5 Å². The average Bonchev–Trinajstić information content (AvgIpc) is 3.46. The van der Waals surface area contributed by atoms with Gasteiger partial charge in [-0.15, -0.1) is 0 Å². The topological polar surface area (TPSA) is 56.1 Å². The number of ether oxygens (including phenoxy) is 2. The van der Waals surface area contributed by atoms with Gasteiger partial charge in [-0.05, 0) is 75.3 Å². The third-order valence-corrected chi connectivity index (χ3v) is 7.67. The number of carbonyl (C=O) groups is 1. The van der Waals surface area contributed by atoms with Crippen LogP contribution in [0.25, 0.3) is 16.8 Å². The second-order valence-corrected chi connectivity index (χ2v) is 11.1. The molecule has 1 saturated carbocycles. The molecule has 1 aromatic carbocycles. The van der Waals surface area contributed by atoms with E-state index in [2.05, 4.69) is 6.20 Å². The lowest BCUT2D eigenvalue weighted by Gasteiger charge is -2.25. The summed E-state index contributed by atoms with van der Waals surface area (Å²) in [6, 6.07) is 7.58. The summed E-state index contributed by atoms with van der Waals surface area (Å²) in [5, 5.41) is 0.953. The van der Waals surface area contributed by atoms with Gasteiger partial charge in [0.15, 0.2) is 0 Å². The zero-order valence-corrected chi connectivity index (χ0v) is 21.4. The molecule has 3 aromatic rings. The van der Waals surface area contributed by atoms with Crippen LogP contribution in [0, 0.1) is 11.8 Å². The number of rotatable bonds is 3. The van der Waals surface area contributed by atoms with Gasteiger partial charge in [0.05, 0.1) is 22.8 Å². The Morgan fingerprint density at radius 1 is 1.12 bits per heavy atom. The van der Waals surface area contributed by atoms with Gasteiger partial charge in [-0.1, -0.05) is 23.2 Å². The number of hydrogen-bond donors (Lipinski definition) is 0. The molecular weight excluding hydrogens is 473 g/mol. The normalized spacial score (nSPS) is 22.3. The van der Waals surface area contributed by atoms with Gasteiger partial charge in [-0.3, -0.25) is 0 Å². The average molecular weight is 502 g/mol. The third-order valence-electron chi connectivity index (χ3n) is 6.87. The minimum Gasteiger partial charge on any atom is -0.496 e. The molecule has 1 aliphatic carbocycles. The van der Waals surface area contributed by atoms with Crippen LogP contribution in [0.5, 0.6) is 5.75 Å². The monoisotopic (exact) mass is 501 g/mol. The van der Waals surface area contributed by atoms with Gasteiger partial charge in [0.1, 0.15) is 17.0 Å². The molecule has 180 valence electrons. The van der Waals surface area contributed by atoms with E-state index >= 15 is 0 Å². The highest BCUT2D eigenvalue weighted by atomic mass is 35.5. The summed E-state index contributed by atoms with van der Waals surface area (Å²) in [4.78, 5) is 19.3. The molecule has 0 bridgehead atoms. The van der Waals surface area contributed by atoms with Crippen molar-refractivity contribution in [1.82, 2.24) is 14.3 Å². The Hall–Kier alpha value is -2.44. The highest BCUT2D eigenvalue weighted by Gasteiger charge is 2.44. The minimum absolute atomic E-state index is 0.200. The SMILES string of the molecule is COc1ccc(Cl)c(Cl)c1-c1ccn2cc(C3CC4CN(C(=O)OC(C)(C)C)CC4C3)nc2c1. The van der Waals surface area contributed by atoms with Crippen LogP contribution >= 0.6 is 23.2 Å². The van der Waals surface area contributed by atoms with Crippen LogP contribution < -0.4 is 4.74 Å². The lowest BCUT2D eigenvalue weighted by molar-refractivity contribution is 0.0279. The third kappa shape index (κ3) is 4.34. The highest BCUT2D eigenvalue weighted by Crippen LogP contribution is 2.46. The van der Waals surface area contributed by atoms with Gasteiger partial charge in [-0.25, -0.2) is 9.78 Å². The van der Waals surface area contributed by atoms with E-state index in [1.54, 1.807) is 13.2 Å². The first kappa shape index (κ1) is 23.3. The number of amides is 1. The number of fused-ring (bicyclic) bond motifs is 2. The van der Waals surface area contributed by atoms with Crippen LogP contribution in [0.2, 0.25) is 10.0 Å². The molecule has 1 amide bonds. The Balaban J connectivity index is 1.34. The summed E-state index contributed by atoms with van der Waals surface area (Å²) in [5.41, 5.74) is 3.16. The minimum atomic E-state index is -0.466. The number of likely N-dealkylation sites (tertiary alicyclic amines) is 1. The quantitative estimate of drug-likeness (QED) is 0.401. The molecule has 1 saturated heterocycles. The number of nitrogens with zero attached hydrogens (tertiary/aromatic N) is 3. The van der Waals surface area contributed by atoms with Crippen molar-refractivity contribution in [3.8, 4) is 16.9 Å². The van der Waals surface area contributed by atoms with Crippen LogP contribution in [0.15, 0.2) is 36.7 Å². The summed E-state index contributed by atoms with van der Waals surface area (Å²) < 4.78 is 13.1. The molecule has 8 heteroatoms. The molecule has 5 rings (SSSR count). The number of carbonyl (C=O) groups excluding carboxylic acids is 1. The van der Waals surface area contributed by atoms with E-state index in [0.717, 1.165) is 48.4 Å². The Morgan fingerprint density at radius 3 is 2.47 bits per heavy atom. The molecule has 0 radical (unpaired) electrons. The van der Waals surface area contributed by atoms with Gasteiger partial charge in [0.2, 0.25) is 0 Å². The summed E-state index contributed by atoms with van der Waals surface area (Å²) >= 11 is 12.8. The summed E-state index contributed by atoms with van der Waals surface area (Å²) in [6.07, 6.45) is 5.99. The fraction of sp³-hybridized carbons (Fsp3) is 0.462. The molecule has 1 aliphatic heterocycles. The molecule has 0 spiro atoms. The van der Waals surface area contributed by atoms with Crippen molar-refractivity contribution in [2.75, 3.05) is 20.2 Å². The molecule has 2 aromatic heterocycles. The summed E-state index contributed by atoms with van der Waals surface area (Å²) in [7, 11) is 1.62. The fourth-order valence-corrected chi connectivity index (χ4v) is 5.77.